The molecule has 0 amide bonds. The van der Waals surface area contributed by atoms with E-state index in [2.05, 4.69) is 12.2 Å². The van der Waals surface area contributed by atoms with Crippen molar-refractivity contribution in [2.24, 2.45) is 0 Å². The van der Waals surface area contributed by atoms with Crippen LogP contribution in [0.1, 0.15) is 19.8 Å². The Labute approximate surface area is 121 Å². The zero-order valence-electron chi connectivity index (χ0n) is 12.4. The Balaban J connectivity index is 1.59. The van der Waals surface area contributed by atoms with Crippen LogP contribution in [0.5, 0.6) is 5.75 Å². The molecule has 1 aromatic rings. The molecule has 1 heterocycles. The number of rotatable bonds is 8. The lowest BCUT2D eigenvalue weighted by Crippen LogP contribution is -3.16. The third kappa shape index (κ3) is 4.78. The highest BCUT2D eigenvalue weighted by molar-refractivity contribution is 5.20. The normalized spacial score (nSPS) is 23.7. The minimum absolute atomic E-state index is 0.371. The fourth-order valence-electron chi connectivity index (χ4n) is 3.00. The Kier molecular flexibility index (Phi) is 6.30. The SMILES string of the molecule is CC[NH+]1CCC[C@H]1C[NH2+]C[C@H](O)COc1ccccc1. The number of likely N-dealkylation sites (tertiary alicyclic amines) is 1. The van der Waals surface area contributed by atoms with Crippen LogP contribution in [0.4, 0.5) is 0 Å². The Bertz CT molecular complexity index is 372. The van der Waals surface area contributed by atoms with Crippen LogP contribution in [0, 0.1) is 0 Å². The molecule has 112 valence electrons. The van der Waals surface area contributed by atoms with E-state index in [1.165, 1.54) is 25.9 Å². The number of likely N-dealkylation sites (N-methyl/N-ethyl adjacent to an activating group) is 1. The molecule has 20 heavy (non-hydrogen) atoms. The molecule has 1 unspecified atom stereocenters. The molecule has 0 aromatic heterocycles. The highest BCUT2D eigenvalue weighted by Gasteiger charge is 2.28. The molecule has 1 aliphatic rings. The van der Waals surface area contributed by atoms with Gasteiger partial charge in [-0.2, -0.15) is 0 Å². The summed E-state index contributed by atoms with van der Waals surface area (Å²) >= 11 is 0. The van der Waals surface area contributed by atoms with Crippen LogP contribution in [0.15, 0.2) is 30.3 Å². The average molecular weight is 280 g/mol. The summed E-state index contributed by atoms with van der Waals surface area (Å²) in [5, 5.41) is 12.2. The van der Waals surface area contributed by atoms with E-state index in [0.717, 1.165) is 24.9 Å². The molecule has 4 heteroatoms. The number of quaternary nitrogens is 2. The maximum atomic E-state index is 9.94. The van der Waals surface area contributed by atoms with Gasteiger partial charge in [0.2, 0.25) is 0 Å². The lowest BCUT2D eigenvalue weighted by Gasteiger charge is -2.19. The third-order valence-electron chi connectivity index (χ3n) is 4.16. The van der Waals surface area contributed by atoms with Crippen LogP contribution < -0.4 is 15.0 Å². The lowest BCUT2D eigenvalue weighted by atomic mass is 10.2. The number of ether oxygens (including phenoxy) is 1. The van der Waals surface area contributed by atoms with Crippen molar-refractivity contribution in [3.05, 3.63) is 30.3 Å². The number of benzene rings is 1. The van der Waals surface area contributed by atoms with Gasteiger partial charge in [-0.3, -0.25) is 0 Å². The fourth-order valence-corrected chi connectivity index (χ4v) is 3.00. The van der Waals surface area contributed by atoms with Gasteiger partial charge in [-0.15, -0.1) is 0 Å². The molecule has 0 saturated carbocycles. The summed E-state index contributed by atoms with van der Waals surface area (Å²) in [7, 11) is 0. The zero-order chi connectivity index (χ0) is 14.2. The van der Waals surface area contributed by atoms with E-state index >= 15 is 0 Å². The van der Waals surface area contributed by atoms with E-state index < -0.39 is 6.10 Å². The predicted molar refractivity (Wildman–Crippen MR) is 79.0 cm³/mol. The smallest absolute Gasteiger partial charge is 0.137 e. The van der Waals surface area contributed by atoms with Gasteiger partial charge < -0.3 is 20.1 Å². The summed E-state index contributed by atoms with van der Waals surface area (Å²) in [5.74, 6) is 0.823. The molecule has 1 aliphatic heterocycles. The highest BCUT2D eigenvalue weighted by Crippen LogP contribution is 2.08. The molecular formula is C16H28N2O2+2. The minimum Gasteiger partial charge on any atom is -0.491 e. The Morgan fingerprint density at radius 2 is 2.20 bits per heavy atom. The first-order valence-corrected chi connectivity index (χ1v) is 7.81. The molecule has 1 fully saturated rings. The van der Waals surface area contributed by atoms with E-state index in [4.69, 9.17) is 4.74 Å². The zero-order valence-corrected chi connectivity index (χ0v) is 12.4. The molecule has 0 spiro atoms. The number of hydrogen-bond acceptors (Lipinski definition) is 2. The van der Waals surface area contributed by atoms with Crippen molar-refractivity contribution in [2.75, 3.05) is 32.8 Å². The van der Waals surface area contributed by atoms with Crippen LogP contribution in [0.3, 0.4) is 0 Å². The lowest BCUT2D eigenvalue weighted by molar-refractivity contribution is -0.924. The number of aliphatic hydroxyl groups excluding tert-OH is 1. The molecule has 3 atom stereocenters. The monoisotopic (exact) mass is 280 g/mol. The summed E-state index contributed by atoms with van der Waals surface area (Å²) < 4.78 is 5.56. The molecule has 2 rings (SSSR count). The number of para-hydroxylation sites is 1. The van der Waals surface area contributed by atoms with Gasteiger partial charge in [-0.25, -0.2) is 0 Å². The van der Waals surface area contributed by atoms with Crippen molar-refractivity contribution < 1.29 is 20.1 Å². The van der Waals surface area contributed by atoms with Gasteiger partial charge in [-0.05, 0) is 19.1 Å². The van der Waals surface area contributed by atoms with Gasteiger partial charge in [0.25, 0.3) is 0 Å². The van der Waals surface area contributed by atoms with Gasteiger partial charge in [0.1, 0.15) is 37.6 Å². The second kappa shape index (κ2) is 8.25. The van der Waals surface area contributed by atoms with Crippen LogP contribution in [0.25, 0.3) is 0 Å². The maximum absolute atomic E-state index is 9.94. The molecular weight excluding hydrogens is 252 g/mol. The van der Waals surface area contributed by atoms with E-state index in [9.17, 15) is 5.11 Å². The quantitative estimate of drug-likeness (QED) is 0.575. The van der Waals surface area contributed by atoms with Crippen molar-refractivity contribution in [1.29, 1.82) is 0 Å². The second-order valence-electron chi connectivity index (χ2n) is 5.64. The molecule has 1 aromatic carbocycles. The van der Waals surface area contributed by atoms with E-state index in [1.807, 2.05) is 30.3 Å². The number of nitrogens with one attached hydrogen (secondary N) is 1. The largest absolute Gasteiger partial charge is 0.491 e. The van der Waals surface area contributed by atoms with Crippen LogP contribution >= 0.6 is 0 Å². The van der Waals surface area contributed by atoms with Crippen molar-refractivity contribution in [3.63, 3.8) is 0 Å². The summed E-state index contributed by atoms with van der Waals surface area (Å²) in [6, 6.07) is 10.4. The molecule has 1 saturated heterocycles. The van der Waals surface area contributed by atoms with E-state index in [0.29, 0.717) is 6.61 Å². The number of aliphatic hydroxyl groups is 1. The van der Waals surface area contributed by atoms with Gasteiger partial charge in [-0.1, -0.05) is 18.2 Å². The van der Waals surface area contributed by atoms with Crippen LogP contribution in [-0.4, -0.2) is 50.0 Å². The van der Waals surface area contributed by atoms with Gasteiger partial charge in [0, 0.05) is 12.8 Å². The van der Waals surface area contributed by atoms with Crippen molar-refractivity contribution in [3.8, 4) is 5.75 Å². The predicted octanol–water partition coefficient (Wildman–Crippen LogP) is -0.943. The molecule has 0 aliphatic carbocycles. The maximum Gasteiger partial charge on any atom is 0.137 e. The average Bonchev–Trinajstić information content (AvgIpc) is 2.94. The standard InChI is InChI=1S/C16H26N2O2/c1-2-18-10-6-7-14(18)11-17-12-15(19)13-20-16-8-4-3-5-9-16/h3-5,8-9,14-15,17,19H,2,6-7,10-13H2,1H3/p+2/t14-,15-/m0/s1. The van der Waals surface area contributed by atoms with Crippen molar-refractivity contribution in [1.82, 2.24) is 0 Å². The van der Waals surface area contributed by atoms with E-state index in [1.54, 1.807) is 4.90 Å². The van der Waals surface area contributed by atoms with Crippen molar-refractivity contribution in [2.45, 2.75) is 31.9 Å². The first-order valence-electron chi connectivity index (χ1n) is 7.81. The summed E-state index contributed by atoms with van der Waals surface area (Å²) in [6.45, 7) is 7.00. The third-order valence-corrected chi connectivity index (χ3v) is 4.16. The summed E-state index contributed by atoms with van der Waals surface area (Å²) in [4.78, 5) is 1.72. The minimum atomic E-state index is -0.401. The first-order chi connectivity index (χ1) is 9.79. The Morgan fingerprint density at radius 3 is 2.95 bits per heavy atom. The van der Waals surface area contributed by atoms with Crippen LogP contribution in [-0.2, 0) is 0 Å². The first kappa shape index (κ1) is 15.3. The summed E-state index contributed by atoms with van der Waals surface area (Å²) in [6.07, 6.45) is 2.28. The van der Waals surface area contributed by atoms with Crippen molar-refractivity contribution >= 4 is 0 Å². The van der Waals surface area contributed by atoms with Crippen LogP contribution in [0.2, 0.25) is 0 Å². The number of hydrogen-bond donors (Lipinski definition) is 3. The molecule has 4 N–H and O–H groups in total. The topological polar surface area (TPSA) is 50.5 Å². The molecule has 4 nitrogen and oxygen atoms in total. The molecule has 0 radical (unpaired) electrons. The van der Waals surface area contributed by atoms with Gasteiger partial charge in [0.15, 0.2) is 0 Å². The van der Waals surface area contributed by atoms with Gasteiger partial charge in [0.05, 0.1) is 13.1 Å². The Hall–Kier alpha value is -1.10. The fraction of sp³-hybridized carbons (Fsp3) is 0.625. The summed E-state index contributed by atoms with van der Waals surface area (Å²) in [5.41, 5.74) is 0. The molecule has 0 bridgehead atoms. The van der Waals surface area contributed by atoms with Gasteiger partial charge >= 0.3 is 0 Å². The highest BCUT2D eigenvalue weighted by atomic mass is 16.5. The number of nitrogens with two attached hydrogens (primary N) is 1. The second-order valence-corrected chi connectivity index (χ2v) is 5.64. The Morgan fingerprint density at radius 1 is 1.40 bits per heavy atom. The van der Waals surface area contributed by atoms with E-state index in [-0.39, 0.29) is 0 Å².